The van der Waals surface area contributed by atoms with E-state index >= 15 is 0 Å². The van der Waals surface area contributed by atoms with Gasteiger partial charge in [-0.2, -0.15) is 0 Å². The molecule has 0 spiro atoms. The molecule has 1 atom stereocenters. The van der Waals surface area contributed by atoms with Gasteiger partial charge >= 0.3 is 0 Å². The number of pyridine rings is 1. The number of hydrogen-bond acceptors (Lipinski definition) is 1. The first-order chi connectivity index (χ1) is 8.18. The number of benzene rings is 1. The lowest BCUT2D eigenvalue weighted by Gasteiger charge is -2.13. The van der Waals surface area contributed by atoms with E-state index in [1.54, 1.807) is 0 Å². The molecule has 0 aliphatic carbocycles. The third-order valence-corrected chi connectivity index (χ3v) is 4.44. The van der Waals surface area contributed by atoms with Gasteiger partial charge in [-0.3, -0.25) is 4.98 Å². The molecule has 3 heteroatoms. The molecular formula is C14H13Br2N. The van der Waals surface area contributed by atoms with Gasteiger partial charge in [-0.15, -0.1) is 0 Å². The highest BCUT2D eigenvalue weighted by Crippen LogP contribution is 2.32. The van der Waals surface area contributed by atoms with E-state index in [0.717, 1.165) is 16.6 Å². The molecule has 0 saturated heterocycles. The van der Waals surface area contributed by atoms with Crippen molar-refractivity contribution in [1.29, 1.82) is 0 Å². The van der Waals surface area contributed by atoms with E-state index in [9.17, 15) is 0 Å². The van der Waals surface area contributed by atoms with Crippen LogP contribution in [0.25, 0.3) is 0 Å². The first kappa shape index (κ1) is 12.8. The van der Waals surface area contributed by atoms with Crippen molar-refractivity contribution in [2.45, 2.75) is 18.2 Å². The van der Waals surface area contributed by atoms with Crippen LogP contribution in [0.15, 0.2) is 47.1 Å². The fraction of sp³-hybridized carbons (Fsp3) is 0.214. The Morgan fingerprint density at radius 1 is 1.18 bits per heavy atom. The van der Waals surface area contributed by atoms with Crippen LogP contribution >= 0.6 is 31.9 Å². The molecule has 1 aromatic heterocycles. The third kappa shape index (κ3) is 3.17. The molecule has 0 bridgehead atoms. The first-order valence-corrected chi connectivity index (χ1v) is 7.18. The molecule has 0 amide bonds. The van der Waals surface area contributed by atoms with Crippen LogP contribution in [0.4, 0.5) is 0 Å². The van der Waals surface area contributed by atoms with Crippen molar-refractivity contribution in [2.24, 2.45) is 0 Å². The summed E-state index contributed by atoms with van der Waals surface area (Å²) in [5.74, 6) is 0. The molecule has 0 aliphatic heterocycles. The summed E-state index contributed by atoms with van der Waals surface area (Å²) in [5, 5.41) is 0. The summed E-state index contributed by atoms with van der Waals surface area (Å²) in [7, 11) is 0. The van der Waals surface area contributed by atoms with Gasteiger partial charge in [0.25, 0.3) is 0 Å². The molecule has 0 aliphatic rings. The average Bonchev–Trinajstić information content (AvgIpc) is 2.34. The number of aromatic nitrogens is 1. The normalized spacial score (nSPS) is 12.4. The number of nitrogens with zero attached hydrogens (tertiary/aromatic N) is 1. The number of hydrogen-bond donors (Lipinski definition) is 0. The minimum atomic E-state index is 0.301. The lowest BCUT2D eigenvalue weighted by atomic mass is 10.0. The Bertz CT molecular complexity index is 497. The van der Waals surface area contributed by atoms with Crippen LogP contribution in [0.2, 0.25) is 0 Å². The fourth-order valence-corrected chi connectivity index (χ4v) is 2.99. The maximum atomic E-state index is 4.35. The fourth-order valence-electron chi connectivity index (χ4n) is 1.78. The van der Waals surface area contributed by atoms with Crippen LogP contribution in [-0.4, -0.2) is 4.98 Å². The zero-order valence-electron chi connectivity index (χ0n) is 9.53. The molecule has 0 N–H and O–H groups in total. The molecule has 0 radical (unpaired) electrons. The van der Waals surface area contributed by atoms with Crippen LogP contribution in [-0.2, 0) is 6.42 Å². The minimum absolute atomic E-state index is 0.301. The molecule has 88 valence electrons. The molecule has 1 nitrogen and oxygen atoms in total. The molecule has 17 heavy (non-hydrogen) atoms. The number of alkyl halides is 1. The van der Waals surface area contributed by atoms with Crippen molar-refractivity contribution in [3.8, 4) is 0 Å². The summed E-state index contributed by atoms with van der Waals surface area (Å²) in [5.41, 5.74) is 3.70. The van der Waals surface area contributed by atoms with E-state index < -0.39 is 0 Å². The number of rotatable bonds is 3. The Morgan fingerprint density at radius 2 is 2.00 bits per heavy atom. The molecule has 0 fully saturated rings. The van der Waals surface area contributed by atoms with E-state index in [4.69, 9.17) is 0 Å². The van der Waals surface area contributed by atoms with Gasteiger partial charge in [-0.25, -0.2) is 0 Å². The van der Waals surface area contributed by atoms with E-state index in [1.807, 2.05) is 18.3 Å². The minimum Gasteiger partial charge on any atom is -0.261 e. The van der Waals surface area contributed by atoms with Crippen LogP contribution in [0.1, 0.15) is 21.6 Å². The Morgan fingerprint density at radius 3 is 2.71 bits per heavy atom. The van der Waals surface area contributed by atoms with Gasteiger partial charge in [-0.05, 0) is 36.2 Å². The van der Waals surface area contributed by atoms with E-state index in [0.29, 0.717) is 4.83 Å². The predicted octanol–water partition coefficient (Wildman–Crippen LogP) is 4.83. The highest BCUT2D eigenvalue weighted by molar-refractivity contribution is 9.10. The molecule has 1 unspecified atom stereocenters. The van der Waals surface area contributed by atoms with Crippen molar-refractivity contribution in [3.05, 3.63) is 63.9 Å². The molecular weight excluding hydrogens is 342 g/mol. The third-order valence-electron chi connectivity index (χ3n) is 2.76. The van der Waals surface area contributed by atoms with Crippen LogP contribution in [0.3, 0.4) is 0 Å². The van der Waals surface area contributed by atoms with Crippen molar-refractivity contribution >= 4 is 31.9 Å². The Balaban J connectivity index is 2.20. The lowest BCUT2D eigenvalue weighted by Crippen LogP contribution is -1.99. The van der Waals surface area contributed by atoms with Gasteiger partial charge in [-0.1, -0.05) is 50.1 Å². The van der Waals surface area contributed by atoms with Crippen molar-refractivity contribution in [3.63, 3.8) is 0 Å². The van der Waals surface area contributed by atoms with Gasteiger partial charge < -0.3 is 0 Å². The molecule has 2 rings (SSSR count). The SMILES string of the molecule is Cc1c(Br)cccc1C(Br)Cc1ccccn1. The largest absolute Gasteiger partial charge is 0.261 e. The zero-order chi connectivity index (χ0) is 12.3. The first-order valence-electron chi connectivity index (χ1n) is 5.47. The van der Waals surface area contributed by atoms with Crippen molar-refractivity contribution in [2.75, 3.05) is 0 Å². The van der Waals surface area contributed by atoms with E-state index in [2.05, 4.69) is 68.0 Å². The van der Waals surface area contributed by atoms with Crippen LogP contribution in [0.5, 0.6) is 0 Å². The summed E-state index contributed by atoms with van der Waals surface area (Å²) in [6, 6.07) is 12.3. The van der Waals surface area contributed by atoms with Crippen molar-refractivity contribution < 1.29 is 0 Å². The lowest BCUT2D eigenvalue weighted by molar-refractivity contribution is 0.896. The predicted molar refractivity (Wildman–Crippen MR) is 78.5 cm³/mol. The second-order valence-corrected chi connectivity index (χ2v) is 5.91. The van der Waals surface area contributed by atoms with Crippen LogP contribution in [0, 0.1) is 6.92 Å². The van der Waals surface area contributed by atoms with Crippen LogP contribution < -0.4 is 0 Å². The van der Waals surface area contributed by atoms with Gasteiger partial charge in [0.05, 0.1) is 0 Å². The smallest absolute Gasteiger partial charge is 0.0453 e. The summed E-state index contributed by atoms with van der Waals surface area (Å²) in [4.78, 5) is 4.66. The van der Waals surface area contributed by atoms with Gasteiger partial charge in [0.15, 0.2) is 0 Å². The van der Waals surface area contributed by atoms with Gasteiger partial charge in [0.2, 0.25) is 0 Å². The highest BCUT2D eigenvalue weighted by atomic mass is 79.9. The Labute approximate surface area is 119 Å². The van der Waals surface area contributed by atoms with E-state index in [-0.39, 0.29) is 0 Å². The van der Waals surface area contributed by atoms with Gasteiger partial charge in [0, 0.05) is 27.6 Å². The quantitative estimate of drug-likeness (QED) is 0.719. The Kier molecular flexibility index (Phi) is 4.35. The molecule has 2 aromatic rings. The summed E-state index contributed by atoms with van der Waals surface area (Å²) < 4.78 is 1.15. The summed E-state index contributed by atoms with van der Waals surface area (Å²) in [6.45, 7) is 2.13. The highest BCUT2D eigenvalue weighted by Gasteiger charge is 2.12. The summed E-state index contributed by atoms with van der Waals surface area (Å²) in [6.07, 6.45) is 2.74. The maximum absolute atomic E-state index is 4.35. The average molecular weight is 355 g/mol. The van der Waals surface area contributed by atoms with E-state index in [1.165, 1.54) is 11.1 Å². The molecule has 1 heterocycles. The molecule has 0 saturated carbocycles. The second kappa shape index (κ2) is 5.78. The standard InChI is InChI=1S/C14H13Br2N/c1-10-12(6-4-7-13(10)15)14(16)9-11-5-2-3-8-17-11/h2-8,14H,9H2,1H3. The number of halogens is 2. The molecule has 1 aromatic carbocycles. The van der Waals surface area contributed by atoms with Gasteiger partial charge in [0.1, 0.15) is 0 Å². The monoisotopic (exact) mass is 353 g/mol. The summed E-state index contributed by atoms with van der Waals surface area (Å²) >= 11 is 7.31. The topological polar surface area (TPSA) is 12.9 Å². The Hall–Kier alpha value is -0.670. The zero-order valence-corrected chi connectivity index (χ0v) is 12.7. The van der Waals surface area contributed by atoms with Crippen molar-refractivity contribution in [1.82, 2.24) is 4.98 Å². The maximum Gasteiger partial charge on any atom is 0.0453 e. The second-order valence-electron chi connectivity index (χ2n) is 3.95.